The lowest BCUT2D eigenvalue weighted by Gasteiger charge is -2.20. The highest BCUT2D eigenvalue weighted by atomic mass is 19.4. The second-order valence-electron chi connectivity index (χ2n) is 22.0. The summed E-state index contributed by atoms with van der Waals surface area (Å²) in [4.78, 5) is 4.52. The normalized spacial score (nSPS) is 13.2. The predicted octanol–water partition coefficient (Wildman–Crippen LogP) is 23.6. The summed E-state index contributed by atoms with van der Waals surface area (Å²) in [6, 6.07) is 23.6. The van der Waals surface area contributed by atoms with Gasteiger partial charge in [0.1, 0.15) is 0 Å². The molecule has 4 nitrogen and oxygen atoms in total. The summed E-state index contributed by atoms with van der Waals surface area (Å²) in [5, 5.41) is 9.42. The molecule has 0 fully saturated rings. The highest BCUT2D eigenvalue weighted by Gasteiger charge is 2.42. The van der Waals surface area contributed by atoms with Crippen LogP contribution in [-0.2, 0) is 49.4 Å². The summed E-state index contributed by atoms with van der Waals surface area (Å²) < 4.78 is 347. The minimum absolute atomic E-state index is 0.00851. The van der Waals surface area contributed by atoms with E-state index in [1.54, 1.807) is 0 Å². The number of hydrogen-bond acceptors (Lipinski definition) is 2. The Labute approximate surface area is 521 Å². The summed E-state index contributed by atoms with van der Waals surface area (Å²) in [6.45, 7) is 0. The Morgan fingerprint density at radius 1 is 0.250 bits per heavy atom. The van der Waals surface area contributed by atoms with Gasteiger partial charge in [0.25, 0.3) is 0 Å². The first-order valence-electron chi connectivity index (χ1n) is 27.4. The zero-order valence-electron chi connectivity index (χ0n) is 47.2. The number of benzene rings is 9. The minimum Gasteiger partial charge on any atom is -0.307 e. The van der Waals surface area contributed by atoms with Gasteiger partial charge >= 0.3 is 49.4 Å². The Balaban J connectivity index is 1.19. The maximum absolute atomic E-state index is 14.3. The van der Waals surface area contributed by atoms with Gasteiger partial charge in [-0.15, -0.1) is 0 Å². The van der Waals surface area contributed by atoms with Gasteiger partial charge in [-0.1, -0.05) is 36.4 Å². The second-order valence-corrected chi connectivity index (χ2v) is 22.0. The van der Waals surface area contributed by atoms with Crippen LogP contribution in [0.25, 0.3) is 111 Å². The maximum Gasteiger partial charge on any atom is 0.416 e. The van der Waals surface area contributed by atoms with E-state index in [9.17, 15) is 111 Å². The third-order valence-electron chi connectivity index (χ3n) is 15.9. The van der Waals surface area contributed by atoms with Crippen molar-refractivity contribution in [1.29, 1.82) is 5.26 Å². The summed E-state index contributed by atoms with van der Waals surface area (Å²) in [7, 11) is 0. The van der Waals surface area contributed by atoms with Crippen LogP contribution < -0.4 is 0 Å². The maximum atomic E-state index is 14.3. The zero-order valence-corrected chi connectivity index (χ0v) is 47.2. The first kappa shape index (κ1) is 65.6. The van der Waals surface area contributed by atoms with Gasteiger partial charge < -0.3 is 9.13 Å². The van der Waals surface area contributed by atoms with Crippen LogP contribution in [0.2, 0.25) is 0 Å². The lowest BCUT2D eigenvalue weighted by atomic mass is 9.96. The van der Waals surface area contributed by atoms with Gasteiger partial charge in [0, 0.05) is 27.1 Å². The minimum atomic E-state index is -5.36. The monoisotopic (exact) mass is 1360 g/mol. The number of halogens is 24. The van der Waals surface area contributed by atoms with Crippen LogP contribution in [0.5, 0.6) is 0 Å². The highest BCUT2D eigenvalue weighted by Crippen LogP contribution is 2.49. The molecule has 0 radical (unpaired) electrons. The van der Waals surface area contributed by atoms with E-state index in [1.807, 2.05) is 6.07 Å². The Bertz CT molecular complexity index is 4490. The summed E-state index contributed by atoms with van der Waals surface area (Å²) in [6.07, 6.45) is -40.5. The molecule has 12 aromatic rings. The van der Waals surface area contributed by atoms with Crippen LogP contribution in [0.4, 0.5) is 105 Å². The largest absolute Gasteiger partial charge is 0.416 e. The average molecular weight is 1360 g/mol. The van der Waals surface area contributed by atoms with E-state index in [-0.39, 0.29) is 118 Å². The molecule has 0 saturated heterocycles. The lowest BCUT2D eigenvalue weighted by molar-refractivity contribution is -0.144. The van der Waals surface area contributed by atoms with Crippen molar-refractivity contribution in [3.8, 4) is 73.1 Å². The van der Waals surface area contributed by atoms with E-state index in [2.05, 4.69) is 4.98 Å². The molecule has 28 heteroatoms. The third-order valence-corrected chi connectivity index (χ3v) is 15.9. The molecular weight excluding hydrogens is 1330 g/mol. The molecule has 9 aromatic carbocycles. The molecular formula is C68H30F24N4. The van der Waals surface area contributed by atoms with Gasteiger partial charge in [-0.2, -0.15) is 111 Å². The fraction of sp³-hybridized carbons (Fsp3) is 0.118. The first-order valence-corrected chi connectivity index (χ1v) is 27.4. The Morgan fingerprint density at radius 3 is 0.656 bits per heavy atom. The Hall–Kier alpha value is -10.5. The molecule has 0 aliphatic heterocycles. The number of pyridine rings is 1. The van der Waals surface area contributed by atoms with Crippen molar-refractivity contribution < 1.29 is 105 Å². The molecule has 3 heterocycles. The first-order chi connectivity index (χ1) is 44.5. The van der Waals surface area contributed by atoms with Crippen molar-refractivity contribution >= 4 is 43.6 Å². The molecule has 0 atom stereocenters. The topological polar surface area (TPSA) is 46.5 Å². The molecule has 3 aromatic heterocycles. The molecule has 0 amide bonds. The van der Waals surface area contributed by atoms with Gasteiger partial charge in [0.15, 0.2) is 0 Å². The lowest BCUT2D eigenvalue weighted by Crippen LogP contribution is -2.11. The molecule has 96 heavy (non-hydrogen) atoms. The molecule has 12 rings (SSSR count). The van der Waals surface area contributed by atoms with E-state index in [0.717, 1.165) is 48.5 Å². The summed E-state index contributed by atoms with van der Waals surface area (Å²) >= 11 is 0. The van der Waals surface area contributed by atoms with Crippen molar-refractivity contribution in [2.75, 3.05) is 0 Å². The van der Waals surface area contributed by atoms with Crippen molar-refractivity contribution in [3.63, 3.8) is 0 Å². The van der Waals surface area contributed by atoms with Crippen molar-refractivity contribution in [1.82, 2.24) is 14.1 Å². The predicted molar refractivity (Wildman–Crippen MR) is 305 cm³/mol. The molecule has 0 aliphatic rings. The molecule has 490 valence electrons. The fourth-order valence-corrected chi connectivity index (χ4v) is 11.6. The van der Waals surface area contributed by atoms with Gasteiger partial charge in [0.05, 0.1) is 102 Å². The number of nitrogens with zero attached hydrogens (tertiary/aromatic N) is 4. The fourth-order valence-electron chi connectivity index (χ4n) is 11.6. The van der Waals surface area contributed by atoms with Gasteiger partial charge in [-0.3, -0.25) is 4.98 Å². The molecule has 0 N–H and O–H groups in total. The van der Waals surface area contributed by atoms with Gasteiger partial charge in [-0.25, -0.2) is 0 Å². The van der Waals surface area contributed by atoms with Crippen LogP contribution in [0.3, 0.4) is 0 Å². The van der Waals surface area contributed by atoms with Crippen molar-refractivity contribution in [2.45, 2.75) is 49.4 Å². The van der Waals surface area contributed by atoms with Crippen LogP contribution in [0, 0.1) is 11.3 Å². The molecule has 0 saturated carbocycles. The van der Waals surface area contributed by atoms with Gasteiger partial charge in [-0.05, 0) is 184 Å². The van der Waals surface area contributed by atoms with E-state index in [1.165, 1.54) is 70.1 Å². The van der Waals surface area contributed by atoms with Gasteiger partial charge in [0.2, 0.25) is 0 Å². The van der Waals surface area contributed by atoms with E-state index in [0.29, 0.717) is 48.5 Å². The van der Waals surface area contributed by atoms with Crippen LogP contribution in [0.15, 0.2) is 182 Å². The summed E-state index contributed by atoms with van der Waals surface area (Å²) in [5.41, 5.74) is -18.2. The van der Waals surface area contributed by atoms with E-state index >= 15 is 0 Å². The van der Waals surface area contributed by atoms with Crippen LogP contribution in [-0.4, -0.2) is 14.1 Å². The standard InChI is InChI=1S/C68H30F24N4/c69-61(70,71)42-13-38(14-43(25-42)62(72,73)74)34-5-9-54-50(21-34)51-22-35(39-15-44(63(75,76)77)26-45(16-39)64(78,79)80)6-10-55(51)95(54)58-30-94-31-59(60(58)33-3-1-32(29-93)2-4-33)96-56-11-7-36(40-17-46(65(81,82)83)27-47(18-40)66(84,85)86)23-52(56)53-24-37(8-12-57(53)96)41-19-48(67(87,88)89)28-49(20-41)68(90,91)92/h1-28,30-31H. The number of alkyl halides is 24. The van der Waals surface area contributed by atoms with E-state index in [4.69, 9.17) is 0 Å². The number of nitriles is 1. The average Bonchev–Trinajstić information content (AvgIpc) is 1.54. The summed E-state index contributed by atoms with van der Waals surface area (Å²) in [5.74, 6) is 0. The van der Waals surface area contributed by atoms with Crippen LogP contribution in [0.1, 0.15) is 50.1 Å². The molecule has 0 spiro atoms. The number of aromatic nitrogens is 3. The number of hydrogen-bond donors (Lipinski definition) is 0. The van der Waals surface area contributed by atoms with E-state index < -0.39 is 116 Å². The van der Waals surface area contributed by atoms with Crippen molar-refractivity contribution in [3.05, 3.63) is 232 Å². The number of fused-ring (bicyclic) bond motifs is 6. The molecule has 0 bridgehead atoms. The quantitative estimate of drug-likeness (QED) is 0.149. The molecule has 0 unspecified atom stereocenters. The third kappa shape index (κ3) is 12.3. The zero-order chi connectivity index (χ0) is 69.5. The number of rotatable bonds is 7. The highest BCUT2D eigenvalue weighted by molar-refractivity contribution is 6.14. The smallest absolute Gasteiger partial charge is 0.307 e. The second kappa shape index (κ2) is 22.3. The Kier molecular flexibility index (Phi) is 15.3. The van der Waals surface area contributed by atoms with Crippen LogP contribution >= 0.6 is 0 Å². The molecule has 0 aliphatic carbocycles. The Morgan fingerprint density at radius 2 is 0.458 bits per heavy atom. The SMILES string of the molecule is N#Cc1ccc(-c2c(-n3c4ccc(-c5cc(C(F)(F)F)cc(C(F)(F)F)c5)cc4c4cc(-c5cc(C(F)(F)F)cc(C(F)(F)F)c5)ccc43)cncc2-n2c3ccc(-c4cc(C(F)(F)F)cc(C(F)(F)F)c4)cc3c3cc(-c4cc(C(F)(F)F)cc(C(F)(F)F)c4)ccc32)cc1. The van der Waals surface area contributed by atoms with Crippen molar-refractivity contribution in [2.24, 2.45) is 0 Å².